The summed E-state index contributed by atoms with van der Waals surface area (Å²) in [5.74, 6) is 0.725. The highest BCUT2D eigenvalue weighted by Gasteiger charge is 2.19. The lowest BCUT2D eigenvalue weighted by Gasteiger charge is -2.30. The van der Waals surface area contributed by atoms with Crippen molar-refractivity contribution in [3.8, 4) is 0 Å². The SMILES string of the molecule is CC1CCCN(CCCCNC(=O)c2cn(C3CCNCC3)nn2)C1. The second-order valence-corrected chi connectivity index (χ2v) is 7.58. The maximum atomic E-state index is 12.2. The van der Waals surface area contributed by atoms with Crippen molar-refractivity contribution in [2.24, 2.45) is 5.92 Å². The molecule has 0 aliphatic carbocycles. The molecule has 7 heteroatoms. The second-order valence-electron chi connectivity index (χ2n) is 7.58. The molecule has 0 bridgehead atoms. The van der Waals surface area contributed by atoms with Gasteiger partial charge in [0.2, 0.25) is 0 Å². The van der Waals surface area contributed by atoms with E-state index in [-0.39, 0.29) is 5.91 Å². The number of hydrogen-bond donors (Lipinski definition) is 2. The molecule has 1 atom stereocenters. The molecule has 0 spiro atoms. The van der Waals surface area contributed by atoms with Crippen molar-refractivity contribution in [2.75, 3.05) is 39.3 Å². The highest BCUT2D eigenvalue weighted by Crippen LogP contribution is 2.17. The Kier molecular flexibility index (Phi) is 6.81. The van der Waals surface area contributed by atoms with Crippen molar-refractivity contribution in [1.29, 1.82) is 0 Å². The van der Waals surface area contributed by atoms with Gasteiger partial charge in [-0.25, -0.2) is 4.68 Å². The number of hydrogen-bond acceptors (Lipinski definition) is 5. The number of piperidine rings is 2. The van der Waals surface area contributed by atoms with Gasteiger partial charge >= 0.3 is 0 Å². The minimum absolute atomic E-state index is 0.105. The van der Waals surface area contributed by atoms with E-state index >= 15 is 0 Å². The molecule has 1 amide bonds. The lowest BCUT2D eigenvalue weighted by atomic mass is 10.0. The van der Waals surface area contributed by atoms with Gasteiger partial charge in [0, 0.05) is 13.1 Å². The van der Waals surface area contributed by atoms with Crippen LogP contribution in [-0.2, 0) is 0 Å². The maximum Gasteiger partial charge on any atom is 0.273 e. The van der Waals surface area contributed by atoms with E-state index < -0.39 is 0 Å². The van der Waals surface area contributed by atoms with Crippen LogP contribution in [0.1, 0.15) is 62.0 Å². The lowest BCUT2D eigenvalue weighted by molar-refractivity contribution is 0.0947. The quantitative estimate of drug-likeness (QED) is 0.730. The van der Waals surface area contributed by atoms with E-state index in [4.69, 9.17) is 0 Å². The van der Waals surface area contributed by atoms with Gasteiger partial charge in [0.1, 0.15) is 0 Å². The highest BCUT2D eigenvalue weighted by atomic mass is 16.2. The molecular formula is C18H32N6O. The zero-order valence-corrected chi connectivity index (χ0v) is 15.4. The topological polar surface area (TPSA) is 75.1 Å². The Bertz CT molecular complexity index is 539. The van der Waals surface area contributed by atoms with Gasteiger partial charge in [0.25, 0.3) is 5.91 Å². The first-order chi connectivity index (χ1) is 12.2. The van der Waals surface area contributed by atoms with Gasteiger partial charge in [0.05, 0.1) is 12.2 Å². The molecule has 2 N–H and O–H groups in total. The molecule has 2 aliphatic heterocycles. The van der Waals surface area contributed by atoms with Crippen LogP contribution in [0.4, 0.5) is 0 Å². The van der Waals surface area contributed by atoms with Crippen LogP contribution in [0.2, 0.25) is 0 Å². The molecule has 25 heavy (non-hydrogen) atoms. The molecule has 3 heterocycles. The normalized spacial score (nSPS) is 22.8. The first kappa shape index (κ1) is 18.3. The number of rotatable bonds is 7. The molecule has 2 aliphatic rings. The molecule has 1 aromatic rings. The zero-order chi connectivity index (χ0) is 17.5. The largest absolute Gasteiger partial charge is 0.351 e. The number of nitrogens with zero attached hydrogens (tertiary/aromatic N) is 4. The molecule has 2 fully saturated rings. The van der Waals surface area contributed by atoms with Gasteiger partial charge in [-0.05, 0) is 70.6 Å². The van der Waals surface area contributed by atoms with E-state index in [1.165, 1.54) is 25.9 Å². The molecular weight excluding hydrogens is 316 g/mol. The van der Waals surface area contributed by atoms with Crippen LogP contribution in [0, 0.1) is 5.92 Å². The van der Waals surface area contributed by atoms with Crippen LogP contribution in [0.25, 0.3) is 0 Å². The summed E-state index contributed by atoms with van der Waals surface area (Å²) < 4.78 is 1.85. The van der Waals surface area contributed by atoms with Gasteiger partial charge in [-0.1, -0.05) is 12.1 Å². The maximum absolute atomic E-state index is 12.2. The van der Waals surface area contributed by atoms with Crippen LogP contribution < -0.4 is 10.6 Å². The van der Waals surface area contributed by atoms with Crippen LogP contribution in [0.5, 0.6) is 0 Å². The second kappa shape index (κ2) is 9.29. The summed E-state index contributed by atoms with van der Waals surface area (Å²) in [6.45, 7) is 8.66. The molecule has 1 aromatic heterocycles. The smallest absolute Gasteiger partial charge is 0.273 e. The first-order valence-corrected chi connectivity index (χ1v) is 9.85. The van der Waals surface area contributed by atoms with Crippen molar-refractivity contribution in [3.63, 3.8) is 0 Å². The Labute approximate surface area is 150 Å². The summed E-state index contributed by atoms with van der Waals surface area (Å²) in [7, 11) is 0. The van der Waals surface area contributed by atoms with Crippen molar-refractivity contribution >= 4 is 5.91 Å². The number of likely N-dealkylation sites (tertiary alicyclic amines) is 1. The van der Waals surface area contributed by atoms with E-state index in [1.54, 1.807) is 6.20 Å². The average molecular weight is 348 g/mol. The number of carbonyl (C=O) groups is 1. The molecule has 2 saturated heterocycles. The molecule has 1 unspecified atom stereocenters. The van der Waals surface area contributed by atoms with Crippen LogP contribution >= 0.6 is 0 Å². The van der Waals surface area contributed by atoms with Gasteiger partial charge in [-0.15, -0.1) is 5.10 Å². The van der Waals surface area contributed by atoms with E-state index in [0.717, 1.165) is 51.2 Å². The Morgan fingerprint density at radius 2 is 2.16 bits per heavy atom. The Balaban J connectivity index is 1.33. The number of amides is 1. The molecule has 140 valence electrons. The van der Waals surface area contributed by atoms with Crippen molar-refractivity contribution < 1.29 is 4.79 Å². The molecule has 0 saturated carbocycles. The van der Waals surface area contributed by atoms with Gasteiger partial charge in [0.15, 0.2) is 5.69 Å². The van der Waals surface area contributed by atoms with E-state index in [2.05, 4.69) is 32.8 Å². The summed E-state index contributed by atoms with van der Waals surface area (Å²) in [4.78, 5) is 14.8. The summed E-state index contributed by atoms with van der Waals surface area (Å²) in [5.41, 5.74) is 0.434. The monoisotopic (exact) mass is 348 g/mol. The Morgan fingerprint density at radius 1 is 1.32 bits per heavy atom. The van der Waals surface area contributed by atoms with E-state index in [9.17, 15) is 4.79 Å². The number of nitrogens with one attached hydrogen (secondary N) is 2. The zero-order valence-electron chi connectivity index (χ0n) is 15.4. The van der Waals surface area contributed by atoms with Crippen molar-refractivity contribution in [1.82, 2.24) is 30.5 Å². The number of aromatic nitrogens is 3. The fraction of sp³-hybridized carbons (Fsp3) is 0.833. The number of carbonyl (C=O) groups excluding carboxylic acids is 1. The predicted molar refractivity (Wildman–Crippen MR) is 97.6 cm³/mol. The predicted octanol–water partition coefficient (Wildman–Crippen LogP) is 1.44. The Hall–Kier alpha value is -1.47. The van der Waals surface area contributed by atoms with Crippen LogP contribution in [0.15, 0.2) is 6.20 Å². The summed E-state index contributed by atoms with van der Waals surface area (Å²) in [5, 5.41) is 14.5. The van der Waals surface area contributed by atoms with Gasteiger partial charge < -0.3 is 15.5 Å². The molecule has 3 rings (SSSR count). The standard InChI is InChI=1S/C18H32N6O/c1-15-5-4-12-23(13-15)11-3-2-8-20-18(25)17-14-24(22-21-17)16-6-9-19-10-7-16/h14-16,19H,2-13H2,1H3,(H,20,25). The van der Waals surface area contributed by atoms with Crippen LogP contribution in [-0.4, -0.2) is 65.1 Å². The summed E-state index contributed by atoms with van der Waals surface area (Å²) >= 11 is 0. The average Bonchev–Trinajstić information content (AvgIpc) is 3.12. The fourth-order valence-corrected chi connectivity index (χ4v) is 3.87. The van der Waals surface area contributed by atoms with Crippen molar-refractivity contribution in [2.45, 2.75) is 51.5 Å². The molecule has 7 nitrogen and oxygen atoms in total. The number of unbranched alkanes of at least 4 members (excludes halogenated alkanes) is 1. The fourth-order valence-electron chi connectivity index (χ4n) is 3.87. The third-order valence-electron chi connectivity index (χ3n) is 5.35. The third kappa shape index (κ3) is 5.51. The summed E-state index contributed by atoms with van der Waals surface area (Å²) in [6, 6.07) is 0.363. The van der Waals surface area contributed by atoms with Crippen LogP contribution in [0.3, 0.4) is 0 Å². The summed E-state index contributed by atoms with van der Waals surface area (Å²) in [6.07, 6.45) is 8.71. The molecule has 0 aromatic carbocycles. The molecule has 0 radical (unpaired) electrons. The minimum Gasteiger partial charge on any atom is -0.351 e. The van der Waals surface area contributed by atoms with E-state index in [0.29, 0.717) is 18.3 Å². The van der Waals surface area contributed by atoms with Gasteiger partial charge in [-0.2, -0.15) is 0 Å². The first-order valence-electron chi connectivity index (χ1n) is 9.85. The van der Waals surface area contributed by atoms with Gasteiger partial charge in [-0.3, -0.25) is 4.79 Å². The Morgan fingerprint density at radius 3 is 2.96 bits per heavy atom. The van der Waals surface area contributed by atoms with Crippen molar-refractivity contribution in [3.05, 3.63) is 11.9 Å². The highest BCUT2D eigenvalue weighted by molar-refractivity contribution is 5.91. The third-order valence-corrected chi connectivity index (χ3v) is 5.35. The lowest BCUT2D eigenvalue weighted by Crippen LogP contribution is -2.35. The van der Waals surface area contributed by atoms with E-state index in [1.807, 2.05) is 4.68 Å². The minimum atomic E-state index is -0.105.